The fourth-order valence-electron chi connectivity index (χ4n) is 2.43. The van der Waals surface area contributed by atoms with Crippen LogP contribution in [0.15, 0.2) is 30.3 Å². The summed E-state index contributed by atoms with van der Waals surface area (Å²) in [6.45, 7) is 2.88. The van der Waals surface area contributed by atoms with Crippen LogP contribution < -0.4 is 10.1 Å². The number of hydrogen-bond acceptors (Lipinski definition) is 3. The van der Waals surface area contributed by atoms with Crippen molar-refractivity contribution < 1.29 is 9.53 Å². The van der Waals surface area contributed by atoms with Gasteiger partial charge in [0, 0.05) is 13.1 Å². The van der Waals surface area contributed by atoms with Gasteiger partial charge in [-0.15, -0.1) is 12.4 Å². The van der Waals surface area contributed by atoms with Gasteiger partial charge in [0.05, 0.1) is 0 Å². The molecule has 1 saturated heterocycles. The number of carbonyl (C=O) groups is 1. The quantitative estimate of drug-likeness (QED) is 0.903. The van der Waals surface area contributed by atoms with Gasteiger partial charge in [-0.3, -0.25) is 4.79 Å². The minimum atomic E-state index is 0. The van der Waals surface area contributed by atoms with Crippen LogP contribution in [0.25, 0.3) is 0 Å². The molecule has 0 unspecified atom stereocenters. The summed E-state index contributed by atoms with van der Waals surface area (Å²) in [5.41, 5.74) is 0. The predicted molar refractivity (Wildman–Crippen MR) is 82.4 cm³/mol. The molecule has 0 spiro atoms. The summed E-state index contributed by atoms with van der Waals surface area (Å²) in [4.78, 5) is 13.9. The lowest BCUT2D eigenvalue weighted by atomic mass is 9.97. The molecule has 4 nitrogen and oxygen atoms in total. The Kier molecular flexibility index (Phi) is 7.41. The Morgan fingerprint density at radius 2 is 1.95 bits per heavy atom. The molecule has 2 rings (SSSR count). The lowest BCUT2D eigenvalue weighted by Crippen LogP contribution is -2.42. The molecule has 0 bridgehead atoms. The Bertz CT molecular complexity index is 392. The minimum Gasteiger partial charge on any atom is -0.484 e. The van der Waals surface area contributed by atoms with Crippen LogP contribution in [0.2, 0.25) is 0 Å². The van der Waals surface area contributed by atoms with Crippen molar-refractivity contribution in [1.29, 1.82) is 0 Å². The van der Waals surface area contributed by atoms with Crippen LogP contribution in [0.1, 0.15) is 12.8 Å². The van der Waals surface area contributed by atoms with Crippen LogP contribution >= 0.6 is 12.4 Å². The van der Waals surface area contributed by atoms with Crippen molar-refractivity contribution in [2.24, 2.45) is 5.92 Å². The molecule has 0 atom stereocenters. The average molecular weight is 299 g/mol. The van der Waals surface area contributed by atoms with Crippen molar-refractivity contribution in [3.8, 4) is 5.75 Å². The van der Waals surface area contributed by atoms with Crippen LogP contribution in [0, 0.1) is 5.92 Å². The summed E-state index contributed by atoms with van der Waals surface area (Å²) in [5, 5.41) is 3.20. The average Bonchev–Trinajstić information content (AvgIpc) is 2.47. The topological polar surface area (TPSA) is 41.6 Å². The van der Waals surface area contributed by atoms with Crippen molar-refractivity contribution in [2.45, 2.75) is 12.8 Å². The second-order valence-electron chi connectivity index (χ2n) is 4.98. The molecule has 1 aromatic rings. The monoisotopic (exact) mass is 298 g/mol. The number of piperidine rings is 1. The first kappa shape index (κ1) is 16.8. The fourth-order valence-corrected chi connectivity index (χ4v) is 2.43. The van der Waals surface area contributed by atoms with E-state index in [1.54, 1.807) is 0 Å². The zero-order chi connectivity index (χ0) is 13.5. The van der Waals surface area contributed by atoms with E-state index in [9.17, 15) is 4.79 Å². The molecule has 0 aromatic heterocycles. The Morgan fingerprint density at radius 1 is 1.30 bits per heavy atom. The number of ether oxygens (including phenoxy) is 1. The van der Waals surface area contributed by atoms with E-state index < -0.39 is 0 Å². The molecule has 1 heterocycles. The first-order valence-electron chi connectivity index (χ1n) is 6.90. The van der Waals surface area contributed by atoms with Crippen LogP contribution in [-0.4, -0.2) is 44.1 Å². The third kappa shape index (κ3) is 5.02. The lowest BCUT2D eigenvalue weighted by Gasteiger charge is -2.31. The second-order valence-corrected chi connectivity index (χ2v) is 4.98. The van der Waals surface area contributed by atoms with Crippen LogP contribution in [0.5, 0.6) is 5.75 Å². The number of hydrogen-bond donors (Lipinski definition) is 1. The van der Waals surface area contributed by atoms with Crippen molar-refractivity contribution in [3.05, 3.63) is 30.3 Å². The van der Waals surface area contributed by atoms with Gasteiger partial charge in [0.15, 0.2) is 6.61 Å². The maximum absolute atomic E-state index is 12.0. The van der Waals surface area contributed by atoms with E-state index in [0.717, 1.165) is 38.2 Å². The van der Waals surface area contributed by atoms with E-state index >= 15 is 0 Å². The molecule has 0 saturated carbocycles. The van der Waals surface area contributed by atoms with E-state index in [-0.39, 0.29) is 24.9 Å². The Balaban J connectivity index is 0.00000200. The summed E-state index contributed by atoms with van der Waals surface area (Å²) in [7, 11) is 1.98. The predicted octanol–water partition coefficient (Wildman–Crippen LogP) is 1.95. The molecular weight excluding hydrogens is 276 g/mol. The molecule has 1 N–H and O–H groups in total. The molecule has 5 heteroatoms. The molecule has 1 aliphatic heterocycles. The summed E-state index contributed by atoms with van der Waals surface area (Å²) in [6.07, 6.45) is 2.16. The van der Waals surface area contributed by atoms with Gasteiger partial charge in [-0.05, 0) is 44.5 Å². The largest absolute Gasteiger partial charge is 0.484 e. The van der Waals surface area contributed by atoms with E-state index in [1.807, 2.05) is 42.3 Å². The number of likely N-dealkylation sites (tertiary alicyclic amines) is 1. The Labute approximate surface area is 126 Å². The van der Waals surface area contributed by atoms with Crippen LogP contribution in [0.3, 0.4) is 0 Å². The first-order chi connectivity index (χ1) is 9.29. The summed E-state index contributed by atoms with van der Waals surface area (Å²) in [6, 6.07) is 9.48. The first-order valence-corrected chi connectivity index (χ1v) is 6.90. The van der Waals surface area contributed by atoms with Crippen molar-refractivity contribution >= 4 is 18.3 Å². The summed E-state index contributed by atoms with van der Waals surface area (Å²) >= 11 is 0. The zero-order valence-electron chi connectivity index (χ0n) is 11.9. The number of benzene rings is 1. The van der Waals surface area contributed by atoms with Gasteiger partial charge < -0.3 is 15.0 Å². The highest BCUT2D eigenvalue weighted by Crippen LogP contribution is 2.16. The Morgan fingerprint density at radius 3 is 2.55 bits per heavy atom. The second kappa shape index (κ2) is 8.82. The van der Waals surface area contributed by atoms with Gasteiger partial charge >= 0.3 is 0 Å². The maximum atomic E-state index is 12.0. The number of para-hydroxylation sites is 1. The molecule has 1 fully saturated rings. The molecule has 20 heavy (non-hydrogen) atoms. The van der Waals surface area contributed by atoms with Gasteiger partial charge in [0.1, 0.15) is 5.75 Å². The number of halogens is 1. The van der Waals surface area contributed by atoms with Crippen molar-refractivity contribution in [3.63, 3.8) is 0 Å². The molecule has 0 aliphatic carbocycles. The molecule has 1 aliphatic rings. The zero-order valence-corrected chi connectivity index (χ0v) is 12.7. The van der Waals surface area contributed by atoms with E-state index in [4.69, 9.17) is 4.74 Å². The number of nitrogens with zero attached hydrogens (tertiary/aromatic N) is 1. The van der Waals surface area contributed by atoms with E-state index in [1.165, 1.54) is 0 Å². The highest BCUT2D eigenvalue weighted by molar-refractivity contribution is 5.85. The van der Waals surface area contributed by atoms with Crippen LogP contribution in [-0.2, 0) is 4.79 Å². The molecule has 112 valence electrons. The van der Waals surface area contributed by atoms with E-state index in [0.29, 0.717) is 5.92 Å². The third-order valence-electron chi connectivity index (χ3n) is 3.57. The van der Waals surface area contributed by atoms with Gasteiger partial charge in [-0.25, -0.2) is 0 Å². The number of nitrogens with one attached hydrogen (secondary N) is 1. The lowest BCUT2D eigenvalue weighted by molar-refractivity contribution is -0.134. The Hall–Kier alpha value is -1.26. The normalized spacial score (nSPS) is 15.6. The highest BCUT2D eigenvalue weighted by atomic mass is 35.5. The summed E-state index contributed by atoms with van der Waals surface area (Å²) < 4.78 is 5.49. The standard InChI is InChI=1S/C15H22N2O2.ClH/c1-16-11-13-7-9-17(10-8-13)15(18)12-19-14-5-3-2-4-6-14;/h2-6,13,16H,7-12H2,1H3;1H. The van der Waals surface area contributed by atoms with Gasteiger partial charge in [0.2, 0.25) is 0 Å². The smallest absolute Gasteiger partial charge is 0.260 e. The molecule has 1 aromatic carbocycles. The minimum absolute atomic E-state index is 0. The van der Waals surface area contributed by atoms with Gasteiger partial charge in [-0.2, -0.15) is 0 Å². The van der Waals surface area contributed by atoms with Crippen molar-refractivity contribution in [1.82, 2.24) is 10.2 Å². The summed E-state index contributed by atoms with van der Waals surface area (Å²) in [5.74, 6) is 1.54. The number of amides is 1. The van der Waals surface area contributed by atoms with Gasteiger partial charge in [0.25, 0.3) is 5.91 Å². The molecular formula is C15H23ClN2O2. The SMILES string of the molecule is CNCC1CCN(C(=O)COc2ccccc2)CC1.Cl. The highest BCUT2D eigenvalue weighted by Gasteiger charge is 2.22. The molecule has 1 amide bonds. The van der Waals surface area contributed by atoms with Crippen molar-refractivity contribution in [2.75, 3.05) is 33.3 Å². The number of carbonyl (C=O) groups excluding carboxylic acids is 1. The maximum Gasteiger partial charge on any atom is 0.260 e. The molecule has 0 radical (unpaired) electrons. The fraction of sp³-hybridized carbons (Fsp3) is 0.533. The third-order valence-corrected chi connectivity index (χ3v) is 3.57. The van der Waals surface area contributed by atoms with E-state index in [2.05, 4.69) is 5.32 Å². The van der Waals surface area contributed by atoms with Gasteiger partial charge in [-0.1, -0.05) is 18.2 Å². The number of rotatable bonds is 5. The van der Waals surface area contributed by atoms with Crippen LogP contribution in [0.4, 0.5) is 0 Å².